The van der Waals surface area contributed by atoms with E-state index < -0.39 is 12.1 Å². The lowest BCUT2D eigenvalue weighted by Crippen LogP contribution is -2.09. The van der Waals surface area contributed by atoms with Crippen LogP contribution in [0.25, 0.3) is 0 Å². The molecule has 1 rings (SSSR count). The Labute approximate surface area is 88.8 Å². The summed E-state index contributed by atoms with van der Waals surface area (Å²) >= 11 is 0. The van der Waals surface area contributed by atoms with Gasteiger partial charge in [-0.1, -0.05) is 12.1 Å². The van der Waals surface area contributed by atoms with Crippen LogP contribution in [-0.4, -0.2) is 30.3 Å². The molecule has 0 unspecified atom stereocenters. The topological polar surface area (TPSA) is 60.8 Å². The molecule has 0 saturated carbocycles. The summed E-state index contributed by atoms with van der Waals surface area (Å²) in [4.78, 5) is 12.3. The third kappa shape index (κ3) is 3.25. The molecule has 1 atom stereocenters. The highest BCUT2D eigenvalue weighted by Gasteiger charge is 2.11. The number of aliphatic carboxylic acids is 1. The summed E-state index contributed by atoms with van der Waals surface area (Å²) in [6.45, 7) is 0. The van der Waals surface area contributed by atoms with Gasteiger partial charge in [0.1, 0.15) is 0 Å². The van der Waals surface area contributed by atoms with Gasteiger partial charge in [-0.15, -0.1) is 0 Å². The molecule has 0 heterocycles. The molecule has 4 heteroatoms. The summed E-state index contributed by atoms with van der Waals surface area (Å²) in [6.07, 6.45) is -1.19. The minimum absolute atomic E-state index is 0.263. The second-order valence-electron chi connectivity index (χ2n) is 3.60. The van der Waals surface area contributed by atoms with Crippen LogP contribution in [0.5, 0.6) is 0 Å². The lowest BCUT2D eigenvalue weighted by atomic mass is 10.1. The Balaban J connectivity index is 2.75. The number of rotatable bonds is 4. The van der Waals surface area contributed by atoms with E-state index in [9.17, 15) is 9.90 Å². The molecule has 0 amide bonds. The van der Waals surface area contributed by atoms with Crippen molar-refractivity contribution in [2.45, 2.75) is 12.5 Å². The van der Waals surface area contributed by atoms with Gasteiger partial charge in [0.15, 0.2) is 0 Å². The fraction of sp³-hybridized carbons (Fsp3) is 0.364. The first-order valence-corrected chi connectivity index (χ1v) is 4.68. The van der Waals surface area contributed by atoms with E-state index in [1.165, 1.54) is 0 Å². The van der Waals surface area contributed by atoms with Gasteiger partial charge in [0, 0.05) is 19.8 Å². The van der Waals surface area contributed by atoms with Crippen molar-refractivity contribution in [2.24, 2.45) is 0 Å². The van der Waals surface area contributed by atoms with Crippen molar-refractivity contribution in [1.29, 1.82) is 0 Å². The Morgan fingerprint density at radius 3 is 2.27 bits per heavy atom. The van der Waals surface area contributed by atoms with Crippen LogP contribution in [-0.2, 0) is 4.79 Å². The molecule has 4 nitrogen and oxygen atoms in total. The Hall–Kier alpha value is -1.55. The first-order valence-electron chi connectivity index (χ1n) is 4.68. The number of benzene rings is 1. The van der Waals surface area contributed by atoms with Crippen LogP contribution >= 0.6 is 0 Å². The zero-order valence-electron chi connectivity index (χ0n) is 8.84. The molecule has 0 aromatic heterocycles. The molecule has 1 aromatic rings. The van der Waals surface area contributed by atoms with Gasteiger partial charge in [-0.2, -0.15) is 0 Å². The maximum Gasteiger partial charge on any atom is 0.306 e. The summed E-state index contributed by atoms with van der Waals surface area (Å²) in [7, 11) is 3.84. The molecular formula is C11H15NO3. The first-order chi connectivity index (χ1) is 7.00. The fourth-order valence-corrected chi connectivity index (χ4v) is 1.28. The van der Waals surface area contributed by atoms with Gasteiger partial charge in [0.2, 0.25) is 0 Å². The van der Waals surface area contributed by atoms with Crippen molar-refractivity contribution >= 4 is 11.7 Å². The number of hydrogen-bond acceptors (Lipinski definition) is 3. The molecule has 0 radical (unpaired) electrons. The van der Waals surface area contributed by atoms with E-state index in [1.54, 1.807) is 12.1 Å². The molecule has 15 heavy (non-hydrogen) atoms. The number of aliphatic hydroxyl groups is 1. The Morgan fingerprint density at radius 1 is 1.33 bits per heavy atom. The van der Waals surface area contributed by atoms with Crippen molar-refractivity contribution in [3.05, 3.63) is 29.8 Å². The van der Waals surface area contributed by atoms with Crippen LogP contribution in [0.3, 0.4) is 0 Å². The highest BCUT2D eigenvalue weighted by molar-refractivity contribution is 5.67. The van der Waals surface area contributed by atoms with Crippen LogP contribution in [0.2, 0.25) is 0 Å². The molecule has 0 aliphatic heterocycles. The van der Waals surface area contributed by atoms with Crippen molar-refractivity contribution in [3.63, 3.8) is 0 Å². The number of nitrogens with zero attached hydrogens (tertiary/aromatic N) is 1. The van der Waals surface area contributed by atoms with Crippen LogP contribution in [0.1, 0.15) is 18.1 Å². The van der Waals surface area contributed by atoms with Gasteiger partial charge < -0.3 is 15.1 Å². The molecule has 82 valence electrons. The molecule has 0 aliphatic rings. The van der Waals surface area contributed by atoms with E-state index in [4.69, 9.17) is 5.11 Å². The third-order valence-electron chi connectivity index (χ3n) is 2.16. The van der Waals surface area contributed by atoms with Gasteiger partial charge in [-0.05, 0) is 17.7 Å². The highest BCUT2D eigenvalue weighted by atomic mass is 16.4. The van der Waals surface area contributed by atoms with Crippen molar-refractivity contribution in [3.8, 4) is 0 Å². The molecule has 0 fully saturated rings. The Kier molecular flexibility index (Phi) is 3.68. The SMILES string of the molecule is CN(C)c1ccc([C@@H](O)CC(=O)O)cc1. The number of hydrogen-bond donors (Lipinski definition) is 2. The molecule has 0 bridgehead atoms. The summed E-state index contributed by atoms with van der Waals surface area (Å²) in [5.41, 5.74) is 1.64. The second kappa shape index (κ2) is 4.79. The molecule has 0 aliphatic carbocycles. The predicted octanol–water partition coefficient (Wildman–Crippen LogP) is 1.26. The maximum absolute atomic E-state index is 10.4. The highest BCUT2D eigenvalue weighted by Crippen LogP contribution is 2.19. The largest absolute Gasteiger partial charge is 0.481 e. The lowest BCUT2D eigenvalue weighted by Gasteiger charge is -2.14. The van der Waals surface area contributed by atoms with Gasteiger partial charge in [0.05, 0.1) is 12.5 Å². The number of carboxylic acid groups (broad SMARTS) is 1. The normalized spacial score (nSPS) is 12.2. The number of anilines is 1. The van der Waals surface area contributed by atoms with E-state index in [2.05, 4.69) is 0 Å². The van der Waals surface area contributed by atoms with Gasteiger partial charge in [0.25, 0.3) is 0 Å². The molecule has 2 N–H and O–H groups in total. The lowest BCUT2D eigenvalue weighted by molar-refractivity contribution is -0.139. The molecule has 0 saturated heterocycles. The second-order valence-corrected chi connectivity index (χ2v) is 3.60. The summed E-state index contributed by atoms with van der Waals surface area (Å²) in [5.74, 6) is -1.00. The number of aliphatic hydroxyl groups excluding tert-OH is 1. The van der Waals surface area contributed by atoms with Gasteiger partial charge >= 0.3 is 5.97 Å². The van der Waals surface area contributed by atoms with E-state index in [-0.39, 0.29) is 6.42 Å². The standard InChI is InChI=1S/C11H15NO3/c1-12(2)9-5-3-8(4-6-9)10(13)7-11(14)15/h3-6,10,13H,7H2,1-2H3,(H,14,15)/t10-/m0/s1. The first kappa shape index (κ1) is 11.5. The number of carbonyl (C=O) groups is 1. The van der Waals surface area contributed by atoms with Crippen molar-refractivity contribution in [1.82, 2.24) is 0 Å². The zero-order chi connectivity index (χ0) is 11.4. The van der Waals surface area contributed by atoms with E-state index in [0.717, 1.165) is 5.69 Å². The molecule has 1 aromatic carbocycles. The Bertz CT molecular complexity index is 332. The minimum atomic E-state index is -1.00. The van der Waals surface area contributed by atoms with Crippen LogP contribution in [0, 0.1) is 0 Å². The van der Waals surface area contributed by atoms with E-state index >= 15 is 0 Å². The van der Waals surface area contributed by atoms with Crippen molar-refractivity contribution in [2.75, 3.05) is 19.0 Å². The molecular weight excluding hydrogens is 194 g/mol. The summed E-state index contributed by atoms with van der Waals surface area (Å²) in [6, 6.07) is 7.17. The van der Waals surface area contributed by atoms with Crippen LogP contribution in [0.4, 0.5) is 5.69 Å². The zero-order valence-corrected chi connectivity index (χ0v) is 8.84. The smallest absolute Gasteiger partial charge is 0.306 e. The summed E-state index contributed by atoms with van der Waals surface area (Å²) < 4.78 is 0. The summed E-state index contributed by atoms with van der Waals surface area (Å²) in [5, 5.41) is 18.0. The molecule has 0 spiro atoms. The maximum atomic E-state index is 10.4. The van der Waals surface area contributed by atoms with Gasteiger partial charge in [-0.3, -0.25) is 4.79 Å². The van der Waals surface area contributed by atoms with E-state index in [0.29, 0.717) is 5.56 Å². The average Bonchev–Trinajstić information content (AvgIpc) is 2.17. The third-order valence-corrected chi connectivity index (χ3v) is 2.16. The average molecular weight is 209 g/mol. The fourth-order valence-electron chi connectivity index (χ4n) is 1.28. The predicted molar refractivity (Wildman–Crippen MR) is 58.0 cm³/mol. The number of carboxylic acids is 1. The Morgan fingerprint density at radius 2 is 1.87 bits per heavy atom. The van der Waals surface area contributed by atoms with Gasteiger partial charge in [-0.25, -0.2) is 0 Å². The van der Waals surface area contributed by atoms with Crippen LogP contribution in [0.15, 0.2) is 24.3 Å². The minimum Gasteiger partial charge on any atom is -0.481 e. The quantitative estimate of drug-likeness (QED) is 0.783. The monoisotopic (exact) mass is 209 g/mol. The van der Waals surface area contributed by atoms with E-state index in [1.807, 2.05) is 31.1 Å². The van der Waals surface area contributed by atoms with Crippen molar-refractivity contribution < 1.29 is 15.0 Å². The van der Waals surface area contributed by atoms with Crippen LogP contribution < -0.4 is 4.90 Å².